The smallest absolute Gasteiger partial charge is 0.119 e. The van der Waals surface area contributed by atoms with Gasteiger partial charge < -0.3 is 20.5 Å². The molecule has 4 nitrogen and oxygen atoms in total. The molecule has 1 aliphatic heterocycles. The second-order valence-corrected chi connectivity index (χ2v) is 5.74. The topological polar surface area (TPSA) is 58.7 Å². The van der Waals surface area contributed by atoms with Crippen LogP contribution < -0.4 is 10.5 Å². The molecule has 1 fully saturated rings. The normalized spacial score (nSPS) is 21.0. The van der Waals surface area contributed by atoms with Gasteiger partial charge in [0, 0.05) is 18.8 Å². The van der Waals surface area contributed by atoms with Gasteiger partial charge in [0.25, 0.3) is 0 Å². The molecule has 112 valence electrons. The van der Waals surface area contributed by atoms with Gasteiger partial charge in [-0.3, -0.25) is 0 Å². The molecule has 0 spiro atoms. The van der Waals surface area contributed by atoms with Gasteiger partial charge in [0.05, 0.1) is 0 Å². The number of nitrogens with two attached hydrogens (primary N) is 1. The monoisotopic (exact) mass is 278 g/mol. The van der Waals surface area contributed by atoms with Crippen molar-refractivity contribution in [1.82, 2.24) is 4.90 Å². The number of likely N-dealkylation sites (tertiary alicyclic amines) is 1. The SMILES string of the molecule is CCCC1CCN(CC(O)COc2ccc(N)cc2)C1. The molecule has 1 aliphatic rings. The van der Waals surface area contributed by atoms with E-state index in [4.69, 9.17) is 10.5 Å². The first-order chi connectivity index (χ1) is 9.67. The van der Waals surface area contributed by atoms with Crippen molar-refractivity contribution >= 4 is 5.69 Å². The Morgan fingerprint density at radius 1 is 1.40 bits per heavy atom. The Morgan fingerprint density at radius 2 is 2.15 bits per heavy atom. The van der Waals surface area contributed by atoms with Crippen LogP contribution in [0.1, 0.15) is 26.2 Å². The molecule has 0 aromatic heterocycles. The third kappa shape index (κ3) is 4.69. The molecule has 0 saturated carbocycles. The molecule has 1 aromatic carbocycles. The summed E-state index contributed by atoms with van der Waals surface area (Å²) in [7, 11) is 0. The first-order valence-corrected chi connectivity index (χ1v) is 7.56. The molecule has 4 heteroatoms. The molecular formula is C16H26N2O2. The Kier molecular flexibility index (Phi) is 5.68. The lowest BCUT2D eigenvalue weighted by molar-refractivity contribution is 0.0746. The lowest BCUT2D eigenvalue weighted by Gasteiger charge is -2.20. The lowest BCUT2D eigenvalue weighted by Crippen LogP contribution is -2.34. The van der Waals surface area contributed by atoms with E-state index in [1.54, 1.807) is 12.1 Å². The van der Waals surface area contributed by atoms with Crippen molar-refractivity contribution in [1.29, 1.82) is 0 Å². The van der Waals surface area contributed by atoms with E-state index in [2.05, 4.69) is 11.8 Å². The van der Waals surface area contributed by atoms with E-state index in [0.29, 0.717) is 13.2 Å². The fraction of sp³-hybridized carbons (Fsp3) is 0.625. The van der Waals surface area contributed by atoms with Gasteiger partial charge in [-0.05, 0) is 49.6 Å². The standard InChI is InChI=1S/C16H26N2O2/c1-2-3-13-8-9-18(10-13)11-15(19)12-20-16-6-4-14(17)5-7-16/h4-7,13,15,19H,2-3,8-12,17H2,1H3. The van der Waals surface area contributed by atoms with Crippen LogP contribution in [0, 0.1) is 5.92 Å². The van der Waals surface area contributed by atoms with Crippen LogP contribution in [0.4, 0.5) is 5.69 Å². The Hall–Kier alpha value is -1.26. The first-order valence-electron chi connectivity index (χ1n) is 7.56. The fourth-order valence-corrected chi connectivity index (χ4v) is 2.83. The third-order valence-corrected chi connectivity index (χ3v) is 3.86. The zero-order chi connectivity index (χ0) is 14.4. The molecule has 1 saturated heterocycles. The van der Waals surface area contributed by atoms with Crippen LogP contribution in [0.3, 0.4) is 0 Å². The summed E-state index contributed by atoms with van der Waals surface area (Å²) in [6.45, 7) is 5.49. The van der Waals surface area contributed by atoms with Crippen molar-refractivity contribution in [3.63, 3.8) is 0 Å². The van der Waals surface area contributed by atoms with E-state index in [9.17, 15) is 5.11 Å². The predicted molar refractivity (Wildman–Crippen MR) is 81.8 cm³/mol. The maximum absolute atomic E-state index is 10.1. The summed E-state index contributed by atoms with van der Waals surface area (Å²) < 4.78 is 5.58. The highest BCUT2D eigenvalue weighted by Crippen LogP contribution is 2.21. The number of anilines is 1. The van der Waals surface area contributed by atoms with E-state index in [0.717, 1.165) is 30.4 Å². The average molecular weight is 278 g/mol. The van der Waals surface area contributed by atoms with Crippen LogP contribution in [-0.2, 0) is 0 Å². The summed E-state index contributed by atoms with van der Waals surface area (Å²) >= 11 is 0. The molecule has 2 unspecified atom stereocenters. The van der Waals surface area contributed by atoms with Crippen LogP contribution in [0.5, 0.6) is 5.75 Å². The number of aliphatic hydroxyl groups is 1. The Labute approximate surface area is 121 Å². The Balaban J connectivity index is 1.68. The van der Waals surface area contributed by atoms with Crippen molar-refractivity contribution in [2.45, 2.75) is 32.3 Å². The number of aliphatic hydroxyl groups excluding tert-OH is 1. The van der Waals surface area contributed by atoms with Gasteiger partial charge in [-0.1, -0.05) is 13.3 Å². The minimum Gasteiger partial charge on any atom is -0.491 e. The van der Waals surface area contributed by atoms with Crippen molar-refractivity contribution < 1.29 is 9.84 Å². The lowest BCUT2D eigenvalue weighted by atomic mass is 10.0. The molecule has 0 amide bonds. The molecule has 0 bridgehead atoms. The van der Waals surface area contributed by atoms with Gasteiger partial charge in [-0.25, -0.2) is 0 Å². The summed E-state index contributed by atoms with van der Waals surface area (Å²) in [4.78, 5) is 2.34. The van der Waals surface area contributed by atoms with Crippen molar-refractivity contribution in [3.8, 4) is 5.75 Å². The maximum Gasteiger partial charge on any atom is 0.119 e. The minimum atomic E-state index is -0.437. The minimum absolute atomic E-state index is 0.332. The largest absolute Gasteiger partial charge is 0.491 e. The molecule has 2 rings (SSSR count). The summed E-state index contributed by atoms with van der Waals surface area (Å²) in [6.07, 6.45) is 3.38. The van der Waals surface area contributed by atoms with E-state index in [-0.39, 0.29) is 0 Å². The van der Waals surface area contributed by atoms with E-state index < -0.39 is 6.10 Å². The van der Waals surface area contributed by atoms with Gasteiger partial charge in [0.2, 0.25) is 0 Å². The zero-order valence-electron chi connectivity index (χ0n) is 12.3. The highest BCUT2D eigenvalue weighted by Gasteiger charge is 2.23. The molecule has 0 radical (unpaired) electrons. The van der Waals surface area contributed by atoms with Gasteiger partial charge in [0.1, 0.15) is 18.5 Å². The van der Waals surface area contributed by atoms with Gasteiger partial charge in [-0.15, -0.1) is 0 Å². The number of rotatable bonds is 7. The van der Waals surface area contributed by atoms with Gasteiger partial charge >= 0.3 is 0 Å². The second-order valence-electron chi connectivity index (χ2n) is 5.74. The quantitative estimate of drug-likeness (QED) is 0.750. The number of hydrogen-bond donors (Lipinski definition) is 2. The molecule has 0 aliphatic carbocycles. The molecule has 1 aromatic rings. The summed E-state index contributed by atoms with van der Waals surface area (Å²) in [5, 5.41) is 10.1. The third-order valence-electron chi connectivity index (χ3n) is 3.86. The van der Waals surface area contributed by atoms with E-state index in [1.807, 2.05) is 12.1 Å². The summed E-state index contributed by atoms with van der Waals surface area (Å²) in [6, 6.07) is 7.26. The van der Waals surface area contributed by atoms with Crippen LogP contribution in [0.2, 0.25) is 0 Å². The highest BCUT2D eigenvalue weighted by molar-refractivity contribution is 5.41. The fourth-order valence-electron chi connectivity index (χ4n) is 2.83. The van der Waals surface area contributed by atoms with E-state index >= 15 is 0 Å². The number of β-amino-alcohol motifs (C(OH)–C–C–N with tert-alkyl or cyclic N) is 1. The number of ether oxygens (including phenoxy) is 1. The number of benzene rings is 1. The Morgan fingerprint density at radius 3 is 2.85 bits per heavy atom. The molecule has 1 heterocycles. The molecule has 2 atom stereocenters. The van der Waals surface area contributed by atoms with Crippen LogP contribution in [0.25, 0.3) is 0 Å². The number of nitrogens with zero attached hydrogens (tertiary/aromatic N) is 1. The van der Waals surface area contributed by atoms with Gasteiger partial charge in [0.15, 0.2) is 0 Å². The van der Waals surface area contributed by atoms with Crippen LogP contribution in [-0.4, -0.2) is 42.4 Å². The van der Waals surface area contributed by atoms with Crippen molar-refractivity contribution in [2.75, 3.05) is 32.0 Å². The molecule has 3 N–H and O–H groups in total. The highest BCUT2D eigenvalue weighted by atomic mass is 16.5. The summed E-state index contributed by atoms with van der Waals surface area (Å²) in [5.41, 5.74) is 6.34. The predicted octanol–water partition coefficient (Wildman–Crippen LogP) is 2.13. The molecule has 20 heavy (non-hydrogen) atoms. The van der Waals surface area contributed by atoms with Crippen LogP contribution >= 0.6 is 0 Å². The Bertz CT molecular complexity index is 394. The summed E-state index contributed by atoms with van der Waals surface area (Å²) in [5.74, 6) is 1.56. The zero-order valence-corrected chi connectivity index (χ0v) is 12.3. The van der Waals surface area contributed by atoms with E-state index in [1.165, 1.54) is 19.3 Å². The van der Waals surface area contributed by atoms with Crippen molar-refractivity contribution in [3.05, 3.63) is 24.3 Å². The van der Waals surface area contributed by atoms with Crippen LogP contribution in [0.15, 0.2) is 24.3 Å². The van der Waals surface area contributed by atoms with Gasteiger partial charge in [-0.2, -0.15) is 0 Å². The first kappa shape index (κ1) is 15.1. The molecular weight excluding hydrogens is 252 g/mol. The number of nitrogen functional groups attached to an aromatic ring is 1. The average Bonchev–Trinajstić information content (AvgIpc) is 2.86. The number of hydrogen-bond acceptors (Lipinski definition) is 4. The van der Waals surface area contributed by atoms with Crippen molar-refractivity contribution in [2.24, 2.45) is 5.92 Å². The second kappa shape index (κ2) is 7.50. The maximum atomic E-state index is 10.1.